The molecule has 0 saturated carbocycles. The van der Waals surface area contributed by atoms with Crippen molar-refractivity contribution < 1.29 is 22.0 Å². The van der Waals surface area contributed by atoms with Crippen molar-refractivity contribution >= 4 is 16.9 Å². The molecular weight excluding hydrogens is 395 g/mol. The highest BCUT2D eigenvalue weighted by Crippen LogP contribution is 2.32. The van der Waals surface area contributed by atoms with Crippen LogP contribution in [0.25, 0.3) is 27.8 Å². The summed E-state index contributed by atoms with van der Waals surface area (Å²) in [5, 5.41) is 6.78. The van der Waals surface area contributed by atoms with Gasteiger partial charge < -0.3 is 5.32 Å². The van der Waals surface area contributed by atoms with Gasteiger partial charge in [0.15, 0.2) is 11.5 Å². The Labute approximate surface area is 160 Å². The number of nitrogens with zero attached hydrogens (tertiary/aromatic N) is 5. The number of anilines is 1. The van der Waals surface area contributed by atoms with E-state index in [1.807, 2.05) is 0 Å². The van der Waals surface area contributed by atoms with Crippen LogP contribution in [-0.2, 0) is 0 Å². The smallest absolute Gasteiger partial charge is 0.361 e. The maximum absolute atomic E-state index is 14.2. The zero-order valence-corrected chi connectivity index (χ0v) is 14.5. The highest BCUT2D eigenvalue weighted by atomic mass is 19.4. The Bertz CT molecular complexity index is 1190. The van der Waals surface area contributed by atoms with Crippen LogP contribution in [0, 0.1) is 11.6 Å². The van der Waals surface area contributed by atoms with E-state index in [2.05, 4.69) is 25.4 Å². The highest BCUT2D eigenvalue weighted by Gasteiger charge is 2.27. The van der Waals surface area contributed by atoms with Crippen molar-refractivity contribution in [2.75, 3.05) is 11.9 Å². The number of benzene rings is 1. The van der Waals surface area contributed by atoms with Crippen LogP contribution in [0.3, 0.4) is 0 Å². The van der Waals surface area contributed by atoms with Gasteiger partial charge in [0.2, 0.25) is 0 Å². The fraction of sp³-hybridized carbons (Fsp3) is 0.111. The van der Waals surface area contributed by atoms with Gasteiger partial charge in [-0.15, -0.1) is 0 Å². The zero-order valence-electron chi connectivity index (χ0n) is 14.5. The Morgan fingerprint density at radius 3 is 2.59 bits per heavy atom. The summed E-state index contributed by atoms with van der Waals surface area (Å²) in [5.41, 5.74) is 0.960. The van der Waals surface area contributed by atoms with Crippen LogP contribution in [0.2, 0.25) is 0 Å². The summed E-state index contributed by atoms with van der Waals surface area (Å²) < 4.78 is 66.3. The Hall–Kier alpha value is -3.63. The maximum Gasteiger partial charge on any atom is 0.405 e. The summed E-state index contributed by atoms with van der Waals surface area (Å²) >= 11 is 0. The van der Waals surface area contributed by atoms with E-state index in [1.54, 1.807) is 6.07 Å². The van der Waals surface area contributed by atoms with Crippen LogP contribution in [0.15, 0.2) is 49.2 Å². The van der Waals surface area contributed by atoms with E-state index < -0.39 is 24.4 Å². The minimum absolute atomic E-state index is 0.0224. The summed E-state index contributed by atoms with van der Waals surface area (Å²) in [4.78, 5) is 11.9. The molecule has 0 fully saturated rings. The van der Waals surface area contributed by atoms with Crippen molar-refractivity contribution in [1.29, 1.82) is 0 Å². The second kappa shape index (κ2) is 7.08. The summed E-state index contributed by atoms with van der Waals surface area (Å²) in [6.07, 6.45) is 0.841. The third-order valence-corrected chi connectivity index (χ3v) is 4.07. The lowest BCUT2D eigenvalue weighted by molar-refractivity contribution is -0.115. The third-order valence-electron chi connectivity index (χ3n) is 4.07. The minimum atomic E-state index is -4.43. The quantitative estimate of drug-likeness (QED) is 0.516. The standard InChI is InChI=1S/C18H11F5N6/c19-10-1-2-15(14(20)5-10)29-17-13(7-28-29)11(3-4-25-17)12-6-24-9-27-16(12)26-8-18(21,22)23/h1-7,9H,8H2,(H,24,26,27). The Kier molecular flexibility index (Phi) is 4.57. The first-order valence-electron chi connectivity index (χ1n) is 8.22. The van der Waals surface area contributed by atoms with Crippen molar-refractivity contribution in [2.45, 2.75) is 6.18 Å². The normalized spacial score (nSPS) is 11.8. The molecule has 0 aliphatic carbocycles. The fourth-order valence-electron chi connectivity index (χ4n) is 2.84. The molecule has 0 atom stereocenters. The van der Waals surface area contributed by atoms with Gasteiger partial charge in [0.05, 0.1) is 6.20 Å². The number of fused-ring (bicyclic) bond motifs is 1. The van der Waals surface area contributed by atoms with Crippen LogP contribution >= 0.6 is 0 Å². The molecule has 0 spiro atoms. The maximum atomic E-state index is 14.2. The van der Waals surface area contributed by atoms with Crippen molar-refractivity contribution in [3.63, 3.8) is 0 Å². The predicted octanol–water partition coefficient (Wildman–Crippen LogP) is 4.13. The lowest BCUT2D eigenvalue weighted by Gasteiger charge is -2.12. The molecule has 11 heteroatoms. The summed E-state index contributed by atoms with van der Waals surface area (Å²) in [5.74, 6) is -1.60. The van der Waals surface area contributed by atoms with Crippen LogP contribution in [0.4, 0.5) is 27.8 Å². The van der Waals surface area contributed by atoms with Gasteiger partial charge >= 0.3 is 6.18 Å². The van der Waals surface area contributed by atoms with Crippen molar-refractivity contribution in [3.05, 3.63) is 60.8 Å². The van der Waals surface area contributed by atoms with E-state index in [-0.39, 0.29) is 17.2 Å². The summed E-state index contributed by atoms with van der Waals surface area (Å²) in [6, 6.07) is 4.58. The van der Waals surface area contributed by atoms with Gasteiger partial charge in [-0.2, -0.15) is 18.3 Å². The van der Waals surface area contributed by atoms with Crippen LogP contribution < -0.4 is 5.32 Å². The molecule has 0 aliphatic heterocycles. The van der Waals surface area contributed by atoms with Gasteiger partial charge in [0.1, 0.15) is 30.2 Å². The Morgan fingerprint density at radius 2 is 1.83 bits per heavy atom. The molecule has 0 aliphatic rings. The van der Waals surface area contributed by atoms with Crippen LogP contribution in [-0.4, -0.2) is 37.5 Å². The number of hydrogen-bond acceptors (Lipinski definition) is 5. The SMILES string of the molecule is Fc1ccc(-n2ncc3c(-c4cncnc4NCC(F)(F)F)ccnc32)c(F)c1. The largest absolute Gasteiger partial charge is 0.405 e. The molecule has 148 valence electrons. The Balaban J connectivity index is 1.82. The average molecular weight is 406 g/mol. The highest BCUT2D eigenvalue weighted by molar-refractivity contribution is 5.95. The molecule has 0 radical (unpaired) electrons. The lowest BCUT2D eigenvalue weighted by atomic mass is 10.1. The lowest BCUT2D eigenvalue weighted by Crippen LogP contribution is -2.22. The van der Waals surface area contributed by atoms with Gasteiger partial charge in [-0.25, -0.2) is 28.4 Å². The van der Waals surface area contributed by atoms with E-state index in [4.69, 9.17) is 0 Å². The molecule has 1 N–H and O–H groups in total. The van der Waals surface area contributed by atoms with Gasteiger partial charge in [-0.3, -0.25) is 0 Å². The third kappa shape index (κ3) is 3.71. The minimum Gasteiger partial charge on any atom is -0.361 e. The Morgan fingerprint density at radius 1 is 1.00 bits per heavy atom. The molecule has 4 aromatic rings. The molecule has 0 saturated heterocycles. The number of hydrogen-bond donors (Lipinski definition) is 1. The zero-order chi connectivity index (χ0) is 20.6. The van der Waals surface area contributed by atoms with E-state index in [9.17, 15) is 22.0 Å². The number of alkyl halides is 3. The molecule has 3 aromatic heterocycles. The molecule has 3 heterocycles. The first kappa shape index (κ1) is 18.7. The number of pyridine rings is 1. The van der Waals surface area contributed by atoms with Crippen molar-refractivity contribution in [3.8, 4) is 16.8 Å². The van der Waals surface area contributed by atoms with E-state index in [1.165, 1.54) is 29.3 Å². The topological polar surface area (TPSA) is 68.5 Å². The van der Waals surface area contributed by atoms with Crippen LogP contribution in [0.1, 0.15) is 0 Å². The second-order valence-electron chi connectivity index (χ2n) is 6.00. The van der Waals surface area contributed by atoms with Crippen molar-refractivity contribution in [2.24, 2.45) is 0 Å². The molecule has 0 amide bonds. The monoisotopic (exact) mass is 406 g/mol. The number of aromatic nitrogens is 5. The molecular formula is C18H11F5N6. The predicted molar refractivity (Wildman–Crippen MR) is 94.4 cm³/mol. The van der Waals surface area contributed by atoms with E-state index >= 15 is 0 Å². The molecule has 29 heavy (non-hydrogen) atoms. The van der Waals surface area contributed by atoms with Gasteiger partial charge in [0, 0.05) is 35.0 Å². The fourth-order valence-corrected chi connectivity index (χ4v) is 2.84. The first-order chi connectivity index (χ1) is 13.8. The molecule has 4 rings (SSSR count). The average Bonchev–Trinajstić information content (AvgIpc) is 3.10. The first-order valence-corrected chi connectivity index (χ1v) is 8.22. The summed E-state index contributed by atoms with van der Waals surface area (Å²) in [7, 11) is 0. The second-order valence-corrected chi connectivity index (χ2v) is 6.00. The number of halogens is 5. The molecule has 1 aromatic carbocycles. The van der Waals surface area contributed by atoms with E-state index in [0.717, 1.165) is 18.5 Å². The summed E-state index contributed by atoms with van der Waals surface area (Å²) in [6.45, 7) is -1.27. The number of nitrogens with one attached hydrogen (secondary N) is 1. The molecule has 0 unspecified atom stereocenters. The van der Waals surface area contributed by atoms with Crippen molar-refractivity contribution in [1.82, 2.24) is 24.7 Å². The number of rotatable bonds is 4. The molecule has 6 nitrogen and oxygen atoms in total. The van der Waals surface area contributed by atoms with Gasteiger partial charge in [-0.1, -0.05) is 0 Å². The van der Waals surface area contributed by atoms with E-state index in [0.29, 0.717) is 16.5 Å². The van der Waals surface area contributed by atoms with Crippen LogP contribution in [0.5, 0.6) is 0 Å². The van der Waals surface area contributed by atoms with Gasteiger partial charge in [0.25, 0.3) is 0 Å². The molecule has 0 bridgehead atoms. The van der Waals surface area contributed by atoms with Gasteiger partial charge in [-0.05, 0) is 18.2 Å².